The van der Waals surface area contributed by atoms with Crippen molar-refractivity contribution in [3.8, 4) is 0 Å². The molecule has 1 unspecified atom stereocenters. The van der Waals surface area contributed by atoms with Crippen molar-refractivity contribution in [1.29, 1.82) is 0 Å². The molecule has 1 atom stereocenters. The van der Waals surface area contributed by atoms with Crippen LogP contribution < -0.4 is 10.6 Å². The lowest BCUT2D eigenvalue weighted by Gasteiger charge is -2.41. The lowest BCUT2D eigenvalue weighted by Crippen LogP contribution is -2.42. The number of carbonyl (C=O) groups is 2. The van der Waals surface area contributed by atoms with Crippen LogP contribution in [0.3, 0.4) is 0 Å². The number of carbonyl (C=O) groups excluding carboxylic acids is 2. The summed E-state index contributed by atoms with van der Waals surface area (Å²) in [6, 6.07) is 7.28. The molecule has 1 heterocycles. The Labute approximate surface area is 156 Å². The van der Waals surface area contributed by atoms with Gasteiger partial charge in [0.05, 0.1) is 17.5 Å². The van der Waals surface area contributed by atoms with Gasteiger partial charge in [-0.2, -0.15) is 0 Å². The Morgan fingerprint density at radius 1 is 1.31 bits per heavy atom. The fraction of sp³-hybridized carbons (Fsp3) is 0.143. The molecule has 0 saturated heterocycles. The molecule has 1 aliphatic heterocycles. The molecule has 1 radical (unpaired) electrons. The Morgan fingerprint density at radius 3 is 2.96 bits per heavy atom. The van der Waals surface area contributed by atoms with Crippen molar-refractivity contribution >= 4 is 34.7 Å². The molecule has 2 aliphatic carbocycles. The van der Waals surface area contributed by atoms with E-state index < -0.39 is 5.41 Å². The molecule has 4 rings (SSSR count). The van der Waals surface area contributed by atoms with Crippen LogP contribution in [0, 0.1) is 5.41 Å². The summed E-state index contributed by atoms with van der Waals surface area (Å²) in [6.45, 7) is 1.82. The van der Waals surface area contributed by atoms with Gasteiger partial charge in [0.1, 0.15) is 0 Å². The van der Waals surface area contributed by atoms with Gasteiger partial charge in [0.15, 0.2) is 0 Å². The van der Waals surface area contributed by atoms with Gasteiger partial charge >= 0.3 is 0 Å². The predicted octanol–water partition coefficient (Wildman–Crippen LogP) is 3.72. The number of benzene rings is 1. The lowest BCUT2D eigenvalue weighted by molar-refractivity contribution is -0.116. The summed E-state index contributed by atoms with van der Waals surface area (Å²) in [5.41, 5.74) is 3.40. The average molecular weight is 364 g/mol. The third-order valence-electron chi connectivity index (χ3n) is 4.78. The van der Waals surface area contributed by atoms with Gasteiger partial charge in [-0.05, 0) is 41.0 Å². The number of allylic oxidation sites excluding steroid dienone is 6. The maximum atomic E-state index is 12.7. The Kier molecular flexibility index (Phi) is 3.93. The van der Waals surface area contributed by atoms with Crippen molar-refractivity contribution < 1.29 is 9.59 Å². The minimum absolute atomic E-state index is 0.159. The Morgan fingerprint density at radius 2 is 2.15 bits per heavy atom. The van der Waals surface area contributed by atoms with Gasteiger partial charge in [-0.25, -0.2) is 5.32 Å². The summed E-state index contributed by atoms with van der Waals surface area (Å²) in [4.78, 5) is 24.0. The zero-order valence-electron chi connectivity index (χ0n) is 14.1. The fourth-order valence-corrected chi connectivity index (χ4v) is 3.82. The second-order valence-electron chi connectivity index (χ2n) is 6.49. The quantitative estimate of drug-likeness (QED) is 0.870. The van der Waals surface area contributed by atoms with Gasteiger partial charge in [-0.3, -0.25) is 9.59 Å². The van der Waals surface area contributed by atoms with Crippen molar-refractivity contribution in [1.82, 2.24) is 5.32 Å². The Balaban J connectivity index is 1.89. The van der Waals surface area contributed by atoms with Crippen molar-refractivity contribution in [3.05, 3.63) is 82.5 Å². The van der Waals surface area contributed by atoms with Crippen LogP contribution in [-0.4, -0.2) is 18.4 Å². The van der Waals surface area contributed by atoms with E-state index in [9.17, 15) is 9.59 Å². The van der Waals surface area contributed by atoms with E-state index in [1.165, 1.54) is 6.92 Å². The largest absolute Gasteiger partial charge is 0.326 e. The van der Waals surface area contributed by atoms with E-state index >= 15 is 0 Å². The highest BCUT2D eigenvalue weighted by Crippen LogP contribution is 2.49. The number of anilines is 1. The third-order valence-corrected chi connectivity index (χ3v) is 5.02. The molecule has 0 saturated carbocycles. The predicted molar refractivity (Wildman–Crippen MR) is 102 cm³/mol. The smallest absolute Gasteiger partial charge is 0.273 e. The number of amides is 2. The molecule has 1 N–H and O–H groups in total. The monoisotopic (exact) mass is 363 g/mol. The van der Waals surface area contributed by atoms with Crippen LogP contribution >= 0.6 is 11.6 Å². The van der Waals surface area contributed by atoms with Crippen molar-refractivity contribution in [3.63, 3.8) is 0 Å². The summed E-state index contributed by atoms with van der Waals surface area (Å²) in [7, 11) is 0. The van der Waals surface area contributed by atoms with E-state index in [0.29, 0.717) is 22.8 Å². The minimum atomic E-state index is -0.472. The van der Waals surface area contributed by atoms with Gasteiger partial charge < -0.3 is 5.32 Å². The highest BCUT2D eigenvalue weighted by atomic mass is 35.5. The number of halogens is 1. The molecule has 5 heteroatoms. The van der Waals surface area contributed by atoms with Crippen LogP contribution in [0.1, 0.15) is 12.5 Å². The molecule has 2 amide bonds. The van der Waals surface area contributed by atoms with Gasteiger partial charge in [0.25, 0.3) is 5.91 Å². The SMILES string of the molecule is CC(=O)Nc1cccc(C2=C3C=CC=C4C=C(Cl)C=CC43C[N]C2=O)c1. The van der Waals surface area contributed by atoms with Gasteiger partial charge in [-0.1, -0.05) is 48.0 Å². The first kappa shape index (κ1) is 16.6. The molecule has 4 nitrogen and oxygen atoms in total. The second kappa shape index (κ2) is 6.15. The van der Waals surface area contributed by atoms with Gasteiger partial charge in [0.2, 0.25) is 5.91 Å². The van der Waals surface area contributed by atoms with E-state index in [4.69, 9.17) is 11.6 Å². The molecule has 1 aromatic rings. The summed E-state index contributed by atoms with van der Waals surface area (Å²) < 4.78 is 0. The third kappa shape index (κ3) is 2.63. The standard InChI is InChI=1S/C21H16ClN2O2/c1-13(25)24-17-6-2-4-14(10-17)19-18-7-3-5-15-11-16(22)8-9-21(15,18)12-23-20(19)26/h2-11H,12H2,1H3,(H,24,25). The number of nitrogens with one attached hydrogen (secondary N) is 1. The average Bonchev–Trinajstić information content (AvgIpc) is 2.60. The summed E-state index contributed by atoms with van der Waals surface area (Å²) in [5, 5.41) is 7.69. The molecule has 3 aliphatic rings. The lowest BCUT2D eigenvalue weighted by atomic mass is 9.65. The molecule has 1 aromatic carbocycles. The molecule has 0 aromatic heterocycles. The molecule has 0 bridgehead atoms. The highest BCUT2D eigenvalue weighted by Gasteiger charge is 2.44. The van der Waals surface area contributed by atoms with Crippen LogP contribution in [0.25, 0.3) is 5.57 Å². The van der Waals surface area contributed by atoms with Crippen LogP contribution in [0.5, 0.6) is 0 Å². The molecule has 0 fully saturated rings. The zero-order chi connectivity index (χ0) is 18.3. The first-order valence-corrected chi connectivity index (χ1v) is 8.67. The van der Waals surface area contributed by atoms with E-state index in [1.54, 1.807) is 12.1 Å². The molecular formula is C21H16ClN2O2. The summed E-state index contributed by atoms with van der Waals surface area (Å²) >= 11 is 6.17. The van der Waals surface area contributed by atoms with Crippen molar-refractivity contribution in [2.75, 3.05) is 11.9 Å². The van der Waals surface area contributed by atoms with E-state index in [0.717, 1.165) is 16.7 Å². The second-order valence-corrected chi connectivity index (χ2v) is 6.92. The van der Waals surface area contributed by atoms with Crippen molar-refractivity contribution in [2.45, 2.75) is 6.92 Å². The minimum Gasteiger partial charge on any atom is -0.326 e. The zero-order valence-corrected chi connectivity index (χ0v) is 14.9. The molecule has 129 valence electrons. The normalized spacial score (nSPS) is 23.5. The maximum Gasteiger partial charge on any atom is 0.273 e. The number of nitrogens with zero attached hydrogens (tertiary/aromatic N) is 1. The fourth-order valence-electron chi connectivity index (χ4n) is 3.64. The van der Waals surface area contributed by atoms with E-state index in [-0.39, 0.29) is 11.8 Å². The van der Waals surface area contributed by atoms with Crippen molar-refractivity contribution in [2.24, 2.45) is 5.41 Å². The van der Waals surface area contributed by atoms with E-state index in [2.05, 4.69) is 10.6 Å². The topological polar surface area (TPSA) is 60.3 Å². The first-order chi connectivity index (χ1) is 12.5. The number of hydrogen-bond donors (Lipinski definition) is 1. The Bertz CT molecular complexity index is 981. The molecule has 26 heavy (non-hydrogen) atoms. The Hall–Kier alpha value is -2.85. The molecular weight excluding hydrogens is 348 g/mol. The highest BCUT2D eigenvalue weighted by molar-refractivity contribution is 6.31. The summed E-state index contributed by atoms with van der Waals surface area (Å²) in [5.74, 6) is -0.403. The maximum absolute atomic E-state index is 12.7. The number of rotatable bonds is 2. The van der Waals surface area contributed by atoms with Crippen LogP contribution in [0.15, 0.2) is 76.9 Å². The van der Waals surface area contributed by atoms with Crippen LogP contribution in [0.4, 0.5) is 5.69 Å². The summed E-state index contributed by atoms with van der Waals surface area (Å²) in [6.07, 6.45) is 11.7. The van der Waals surface area contributed by atoms with Gasteiger partial charge in [-0.15, -0.1) is 0 Å². The molecule has 1 spiro atoms. The van der Waals surface area contributed by atoms with E-state index in [1.807, 2.05) is 48.6 Å². The van der Waals surface area contributed by atoms with Gasteiger partial charge in [0, 0.05) is 17.6 Å². The number of hydrogen-bond acceptors (Lipinski definition) is 2. The van der Waals surface area contributed by atoms with Crippen LogP contribution in [-0.2, 0) is 9.59 Å². The van der Waals surface area contributed by atoms with Crippen LogP contribution in [0.2, 0.25) is 0 Å². The first-order valence-electron chi connectivity index (χ1n) is 8.29.